The van der Waals surface area contributed by atoms with E-state index in [2.05, 4.69) is 10.8 Å². The molecule has 0 aromatic heterocycles. The van der Waals surface area contributed by atoms with Crippen molar-refractivity contribution in [2.45, 2.75) is 49.9 Å². The van der Waals surface area contributed by atoms with Crippen LogP contribution >= 0.6 is 0 Å². The summed E-state index contributed by atoms with van der Waals surface area (Å²) in [5.41, 5.74) is 5.66. The number of rotatable bonds is 6. The molecule has 1 spiro atoms. The van der Waals surface area contributed by atoms with Crippen molar-refractivity contribution < 1.29 is 14.3 Å². The number of para-hydroxylation sites is 1. The molecule has 1 heterocycles. The summed E-state index contributed by atoms with van der Waals surface area (Å²) in [7, 11) is 2.01. The van der Waals surface area contributed by atoms with Gasteiger partial charge in [0.05, 0.1) is 12.1 Å². The maximum atomic E-state index is 12.2. The van der Waals surface area contributed by atoms with E-state index in [0.717, 1.165) is 38.7 Å². The van der Waals surface area contributed by atoms with Gasteiger partial charge < -0.3 is 15.2 Å². The molecule has 4 atom stereocenters. The van der Waals surface area contributed by atoms with Gasteiger partial charge in [-0.2, -0.15) is 0 Å². The summed E-state index contributed by atoms with van der Waals surface area (Å²) in [6.45, 7) is 1.34. The van der Waals surface area contributed by atoms with Gasteiger partial charge >= 0.3 is 0 Å². The van der Waals surface area contributed by atoms with E-state index in [1.807, 2.05) is 37.4 Å². The van der Waals surface area contributed by atoms with Gasteiger partial charge in [-0.3, -0.25) is 9.69 Å². The SMILES string of the molecule is C#CCN(C)C1CC2(CCCO2)CCC1C(Oc1ccccc1)C(N)=O. The van der Waals surface area contributed by atoms with Crippen molar-refractivity contribution >= 4 is 5.91 Å². The van der Waals surface area contributed by atoms with Crippen LogP contribution in [0.5, 0.6) is 5.75 Å². The Balaban J connectivity index is 1.83. The Morgan fingerprint density at radius 3 is 2.85 bits per heavy atom. The zero-order valence-electron chi connectivity index (χ0n) is 15.4. The number of amides is 1. The average molecular weight is 356 g/mol. The topological polar surface area (TPSA) is 64.8 Å². The highest BCUT2D eigenvalue weighted by Crippen LogP contribution is 2.44. The number of carbonyl (C=O) groups excluding carboxylic acids is 1. The van der Waals surface area contributed by atoms with Gasteiger partial charge in [0.25, 0.3) is 5.91 Å². The Bertz CT molecular complexity index is 649. The molecule has 5 nitrogen and oxygen atoms in total. The van der Waals surface area contributed by atoms with Crippen LogP contribution in [0.2, 0.25) is 0 Å². The lowest BCUT2D eigenvalue weighted by molar-refractivity contribution is -0.133. The molecule has 2 fully saturated rings. The predicted octanol–water partition coefficient (Wildman–Crippen LogP) is 2.20. The van der Waals surface area contributed by atoms with Crippen molar-refractivity contribution in [1.82, 2.24) is 4.90 Å². The minimum atomic E-state index is -0.679. The van der Waals surface area contributed by atoms with Crippen molar-refractivity contribution in [3.63, 3.8) is 0 Å². The van der Waals surface area contributed by atoms with Crippen LogP contribution in [-0.2, 0) is 9.53 Å². The molecule has 1 aromatic rings. The Morgan fingerprint density at radius 1 is 1.46 bits per heavy atom. The zero-order chi connectivity index (χ0) is 18.6. The molecule has 1 saturated carbocycles. The smallest absolute Gasteiger partial charge is 0.258 e. The van der Waals surface area contributed by atoms with E-state index in [0.29, 0.717) is 12.3 Å². The molecule has 5 heteroatoms. The van der Waals surface area contributed by atoms with Crippen LogP contribution in [0.4, 0.5) is 0 Å². The first-order valence-corrected chi connectivity index (χ1v) is 9.33. The fraction of sp³-hybridized carbons (Fsp3) is 0.571. The van der Waals surface area contributed by atoms with E-state index in [4.69, 9.17) is 21.6 Å². The van der Waals surface area contributed by atoms with Crippen molar-refractivity contribution in [3.05, 3.63) is 30.3 Å². The molecule has 1 aliphatic heterocycles. The highest BCUT2D eigenvalue weighted by atomic mass is 16.5. The third kappa shape index (κ3) is 4.03. The standard InChI is InChI=1S/C21H28N2O3/c1-3-13-23(2)18-15-21(11-7-14-25-21)12-10-17(18)19(20(22)24)26-16-8-5-4-6-9-16/h1,4-6,8-9,17-19H,7,10-15H2,2H3,(H2,22,24). The Kier molecular flexibility index (Phi) is 5.85. The van der Waals surface area contributed by atoms with Gasteiger partial charge in [0.1, 0.15) is 5.75 Å². The number of primary amides is 1. The lowest BCUT2D eigenvalue weighted by atomic mass is 9.71. The largest absolute Gasteiger partial charge is 0.480 e. The fourth-order valence-electron chi connectivity index (χ4n) is 4.47. The van der Waals surface area contributed by atoms with E-state index < -0.39 is 12.0 Å². The molecule has 2 aliphatic rings. The Morgan fingerprint density at radius 2 is 2.23 bits per heavy atom. The quantitative estimate of drug-likeness (QED) is 0.794. The summed E-state index contributed by atoms with van der Waals surface area (Å²) in [4.78, 5) is 14.4. The van der Waals surface area contributed by atoms with Crippen molar-refractivity contribution in [2.75, 3.05) is 20.2 Å². The normalized spacial score (nSPS) is 29.4. The van der Waals surface area contributed by atoms with Crippen LogP contribution in [0.1, 0.15) is 32.1 Å². The molecule has 1 aromatic carbocycles. The number of nitrogens with two attached hydrogens (primary N) is 1. The molecular formula is C21H28N2O3. The van der Waals surface area contributed by atoms with E-state index >= 15 is 0 Å². The summed E-state index contributed by atoms with van der Waals surface area (Å²) in [6, 6.07) is 9.48. The summed E-state index contributed by atoms with van der Waals surface area (Å²) < 4.78 is 12.1. The number of benzene rings is 1. The predicted molar refractivity (Wildman–Crippen MR) is 101 cm³/mol. The van der Waals surface area contributed by atoms with Gasteiger partial charge in [-0.25, -0.2) is 0 Å². The Hall–Kier alpha value is -2.03. The van der Waals surface area contributed by atoms with E-state index in [9.17, 15) is 4.79 Å². The second kappa shape index (κ2) is 8.11. The Labute approximate surface area is 155 Å². The van der Waals surface area contributed by atoms with Gasteiger partial charge in [0, 0.05) is 18.6 Å². The summed E-state index contributed by atoms with van der Waals surface area (Å²) in [6.07, 6.45) is 9.65. The third-order valence-electron chi connectivity index (χ3n) is 5.78. The monoisotopic (exact) mass is 356 g/mol. The number of carbonyl (C=O) groups is 1. The molecule has 3 rings (SSSR count). The molecule has 1 amide bonds. The van der Waals surface area contributed by atoms with Gasteiger partial charge in [0.2, 0.25) is 0 Å². The van der Waals surface area contributed by atoms with Gasteiger partial charge in [-0.1, -0.05) is 24.1 Å². The van der Waals surface area contributed by atoms with Crippen molar-refractivity contribution in [2.24, 2.45) is 11.7 Å². The van der Waals surface area contributed by atoms with Crippen LogP contribution in [0.25, 0.3) is 0 Å². The van der Waals surface area contributed by atoms with Crippen LogP contribution in [-0.4, -0.2) is 48.8 Å². The number of hydrogen-bond donors (Lipinski definition) is 1. The summed E-state index contributed by atoms with van der Waals surface area (Å²) in [5.74, 6) is 2.93. The number of nitrogens with zero attached hydrogens (tertiary/aromatic N) is 1. The molecule has 0 bridgehead atoms. The van der Waals surface area contributed by atoms with Crippen LogP contribution < -0.4 is 10.5 Å². The van der Waals surface area contributed by atoms with E-state index in [1.165, 1.54) is 0 Å². The molecular weight excluding hydrogens is 328 g/mol. The first kappa shape index (κ1) is 18.8. The lowest BCUT2D eigenvalue weighted by Gasteiger charge is -2.46. The second-order valence-electron chi connectivity index (χ2n) is 7.48. The lowest BCUT2D eigenvalue weighted by Crippen LogP contribution is -2.56. The highest BCUT2D eigenvalue weighted by molar-refractivity contribution is 5.79. The van der Waals surface area contributed by atoms with Gasteiger partial charge in [0.15, 0.2) is 6.10 Å². The van der Waals surface area contributed by atoms with E-state index in [1.54, 1.807) is 0 Å². The van der Waals surface area contributed by atoms with Crippen LogP contribution in [0.15, 0.2) is 30.3 Å². The minimum Gasteiger partial charge on any atom is -0.480 e. The maximum absolute atomic E-state index is 12.2. The van der Waals surface area contributed by atoms with Gasteiger partial charge in [-0.05, 0) is 51.3 Å². The first-order valence-electron chi connectivity index (χ1n) is 9.33. The summed E-state index contributed by atoms with van der Waals surface area (Å²) in [5, 5.41) is 0. The molecule has 4 unspecified atom stereocenters. The maximum Gasteiger partial charge on any atom is 0.258 e. The summed E-state index contributed by atoms with van der Waals surface area (Å²) >= 11 is 0. The van der Waals surface area contributed by atoms with Crippen molar-refractivity contribution in [1.29, 1.82) is 0 Å². The molecule has 1 saturated heterocycles. The number of ether oxygens (including phenoxy) is 2. The molecule has 140 valence electrons. The number of hydrogen-bond acceptors (Lipinski definition) is 4. The van der Waals surface area contributed by atoms with Gasteiger partial charge in [-0.15, -0.1) is 6.42 Å². The fourth-order valence-corrected chi connectivity index (χ4v) is 4.47. The first-order chi connectivity index (χ1) is 12.5. The number of terminal acetylenes is 1. The average Bonchev–Trinajstić information content (AvgIpc) is 3.09. The zero-order valence-corrected chi connectivity index (χ0v) is 15.4. The minimum absolute atomic E-state index is 0.0131. The van der Waals surface area contributed by atoms with Crippen LogP contribution in [0, 0.1) is 18.3 Å². The highest BCUT2D eigenvalue weighted by Gasteiger charge is 2.48. The molecule has 0 radical (unpaired) electrons. The molecule has 2 N–H and O–H groups in total. The molecule has 1 aliphatic carbocycles. The van der Waals surface area contributed by atoms with E-state index in [-0.39, 0.29) is 17.6 Å². The third-order valence-corrected chi connectivity index (χ3v) is 5.78. The second-order valence-corrected chi connectivity index (χ2v) is 7.48. The van der Waals surface area contributed by atoms with Crippen molar-refractivity contribution in [3.8, 4) is 18.1 Å². The molecule has 26 heavy (non-hydrogen) atoms. The van der Waals surface area contributed by atoms with Crippen LogP contribution in [0.3, 0.4) is 0 Å².